The second-order valence-electron chi connectivity index (χ2n) is 9.86. The van der Waals surface area contributed by atoms with Crippen LogP contribution >= 0.6 is 0 Å². The number of aromatic nitrogens is 2. The molecule has 1 aliphatic rings. The molecule has 0 unspecified atom stereocenters. The van der Waals surface area contributed by atoms with E-state index in [0.717, 1.165) is 5.56 Å². The molecule has 0 bridgehead atoms. The van der Waals surface area contributed by atoms with Crippen molar-refractivity contribution in [3.63, 3.8) is 0 Å². The van der Waals surface area contributed by atoms with Crippen molar-refractivity contribution >= 4 is 11.6 Å². The summed E-state index contributed by atoms with van der Waals surface area (Å²) in [7, 11) is 0. The van der Waals surface area contributed by atoms with Gasteiger partial charge >= 0.3 is 12.8 Å². The maximum atomic E-state index is 13.3. The molecule has 0 atom stereocenters. The Labute approximate surface area is 233 Å². The molecule has 0 spiro atoms. The van der Waals surface area contributed by atoms with Crippen LogP contribution in [0.3, 0.4) is 0 Å². The summed E-state index contributed by atoms with van der Waals surface area (Å²) < 4.78 is 87.1. The highest BCUT2D eigenvalue weighted by molar-refractivity contribution is 6.05. The number of carbonyl (C=O) groups is 1. The van der Waals surface area contributed by atoms with E-state index in [1.165, 1.54) is 17.0 Å². The third kappa shape index (κ3) is 7.28. The summed E-state index contributed by atoms with van der Waals surface area (Å²) in [5, 5.41) is 3.70. The Hall–Kier alpha value is -3.83. The average Bonchev–Trinajstić information content (AvgIpc) is 3.63. The zero-order valence-electron chi connectivity index (χ0n) is 22.1. The maximum Gasteiger partial charge on any atom is 0.403 e. The SMILES string of the molecule is C=C(CCF)C(=O)N(CCCCCc1noc(C2(C(F)(F)F)CC2)n1)c1cccc(-c2ccc(OC(F)F)cc2)c1. The van der Waals surface area contributed by atoms with Crippen LogP contribution in [0.25, 0.3) is 11.1 Å². The molecule has 0 aliphatic heterocycles. The van der Waals surface area contributed by atoms with E-state index >= 15 is 0 Å². The Kier molecular flexibility index (Phi) is 9.39. The first-order valence-corrected chi connectivity index (χ1v) is 13.1. The Balaban J connectivity index is 1.39. The van der Waals surface area contributed by atoms with Gasteiger partial charge in [0.15, 0.2) is 5.82 Å². The van der Waals surface area contributed by atoms with E-state index in [0.29, 0.717) is 36.9 Å². The molecule has 1 heterocycles. The van der Waals surface area contributed by atoms with E-state index < -0.39 is 30.8 Å². The minimum atomic E-state index is -4.43. The normalized spacial score (nSPS) is 14.2. The van der Waals surface area contributed by atoms with Gasteiger partial charge in [0.25, 0.3) is 5.91 Å². The van der Waals surface area contributed by atoms with E-state index in [-0.39, 0.29) is 48.8 Å². The van der Waals surface area contributed by atoms with E-state index in [1.807, 2.05) is 0 Å². The number of carbonyl (C=O) groups excluding carboxylic acids is 1. The second-order valence-corrected chi connectivity index (χ2v) is 9.86. The molecular weight excluding hydrogens is 552 g/mol. The Bertz CT molecular complexity index is 1340. The minimum Gasteiger partial charge on any atom is -0.435 e. The summed E-state index contributed by atoms with van der Waals surface area (Å²) >= 11 is 0. The van der Waals surface area contributed by atoms with Crippen molar-refractivity contribution < 1.29 is 40.4 Å². The lowest BCUT2D eigenvalue weighted by Gasteiger charge is -2.24. The number of unbranched alkanes of at least 4 members (excludes halogenated alkanes) is 2. The number of rotatable bonds is 14. The van der Waals surface area contributed by atoms with Crippen LogP contribution < -0.4 is 9.64 Å². The van der Waals surface area contributed by atoms with Gasteiger partial charge in [0.1, 0.15) is 11.2 Å². The summed E-state index contributed by atoms with van der Waals surface area (Å²) in [6, 6.07) is 13.1. The van der Waals surface area contributed by atoms with Crippen molar-refractivity contribution in [3.05, 3.63) is 72.4 Å². The molecule has 6 nitrogen and oxygen atoms in total. The van der Waals surface area contributed by atoms with Crippen LogP contribution in [0.2, 0.25) is 0 Å². The fourth-order valence-electron chi connectivity index (χ4n) is 4.47. The van der Waals surface area contributed by atoms with E-state index in [9.17, 15) is 31.1 Å². The van der Waals surface area contributed by atoms with Crippen LogP contribution in [-0.4, -0.2) is 42.1 Å². The van der Waals surface area contributed by atoms with Crippen LogP contribution in [0.1, 0.15) is 50.2 Å². The van der Waals surface area contributed by atoms with Gasteiger partial charge in [-0.15, -0.1) is 0 Å². The molecule has 12 heteroatoms. The second kappa shape index (κ2) is 12.8. The average molecular weight is 582 g/mol. The fraction of sp³-hybridized carbons (Fsp3) is 0.414. The molecule has 3 aromatic rings. The Morgan fingerprint density at radius 1 is 1.07 bits per heavy atom. The Morgan fingerprint density at radius 3 is 2.44 bits per heavy atom. The first-order valence-electron chi connectivity index (χ1n) is 13.1. The maximum absolute atomic E-state index is 13.3. The van der Waals surface area contributed by atoms with E-state index in [1.54, 1.807) is 36.4 Å². The highest BCUT2D eigenvalue weighted by Crippen LogP contribution is 2.58. The number of amides is 1. The molecule has 0 N–H and O–H groups in total. The number of aryl methyl sites for hydroxylation is 1. The summed E-state index contributed by atoms with van der Waals surface area (Å²) in [6.45, 7) is 0.337. The molecule has 1 fully saturated rings. The van der Waals surface area contributed by atoms with Gasteiger partial charge in [-0.05, 0) is 61.1 Å². The molecule has 0 saturated heterocycles. The molecular formula is C29H29F6N3O3. The highest BCUT2D eigenvalue weighted by atomic mass is 19.4. The molecule has 220 valence electrons. The number of nitrogens with zero attached hydrogens (tertiary/aromatic N) is 3. The van der Waals surface area contributed by atoms with Gasteiger partial charge in [-0.3, -0.25) is 9.18 Å². The largest absolute Gasteiger partial charge is 0.435 e. The van der Waals surface area contributed by atoms with Crippen molar-refractivity contribution in [1.29, 1.82) is 0 Å². The first kappa shape index (κ1) is 30.1. The lowest BCUT2D eigenvalue weighted by molar-refractivity contribution is -0.166. The third-order valence-electron chi connectivity index (χ3n) is 6.97. The number of alkyl halides is 6. The van der Waals surface area contributed by atoms with Crippen LogP contribution in [-0.2, 0) is 16.6 Å². The van der Waals surface area contributed by atoms with Gasteiger partial charge in [0.2, 0.25) is 5.89 Å². The zero-order valence-corrected chi connectivity index (χ0v) is 22.1. The summed E-state index contributed by atoms with van der Waals surface area (Å²) in [6.07, 6.45) is -2.64. The molecule has 4 rings (SSSR count). The monoisotopic (exact) mass is 581 g/mol. The van der Waals surface area contributed by atoms with Crippen LogP contribution in [0.5, 0.6) is 5.75 Å². The lowest BCUT2D eigenvalue weighted by atomic mass is 10.0. The third-order valence-corrected chi connectivity index (χ3v) is 6.97. The predicted molar refractivity (Wildman–Crippen MR) is 139 cm³/mol. The van der Waals surface area contributed by atoms with Gasteiger partial charge in [-0.2, -0.15) is 26.9 Å². The van der Waals surface area contributed by atoms with Crippen molar-refractivity contribution in [1.82, 2.24) is 10.1 Å². The predicted octanol–water partition coefficient (Wildman–Crippen LogP) is 7.59. The lowest BCUT2D eigenvalue weighted by Crippen LogP contribution is -2.33. The number of halogens is 6. The number of hydrogen-bond donors (Lipinski definition) is 0. The summed E-state index contributed by atoms with van der Waals surface area (Å²) in [5.41, 5.74) is 0.0771. The van der Waals surface area contributed by atoms with Gasteiger partial charge in [-0.1, -0.05) is 42.4 Å². The minimum absolute atomic E-state index is 0.0173. The zero-order chi connectivity index (χ0) is 29.6. The molecule has 41 heavy (non-hydrogen) atoms. The number of anilines is 1. The Morgan fingerprint density at radius 2 is 1.80 bits per heavy atom. The quantitative estimate of drug-likeness (QED) is 0.111. The topological polar surface area (TPSA) is 68.5 Å². The number of benzene rings is 2. The molecule has 0 radical (unpaired) electrons. The first-order chi connectivity index (χ1) is 19.5. The van der Waals surface area contributed by atoms with Crippen molar-refractivity contribution in [3.8, 4) is 16.9 Å². The number of hydrogen-bond acceptors (Lipinski definition) is 5. The standard InChI is InChI=1S/C29H29F6N3O3/c1-19(13-16-30)25(39)38(22-7-5-6-21(18-22)20-9-11-23(12-10-20)40-27(31)32)17-4-2-3-8-24-36-26(41-37-24)28(14-15-28)29(33,34)35/h5-7,9-12,18,27H,1-4,8,13-17H2. The highest BCUT2D eigenvalue weighted by Gasteiger charge is 2.68. The summed E-state index contributed by atoms with van der Waals surface area (Å²) in [5.74, 6) is -0.592. The van der Waals surface area contributed by atoms with Crippen LogP contribution in [0, 0.1) is 0 Å². The van der Waals surface area contributed by atoms with Gasteiger partial charge in [-0.25, -0.2) is 0 Å². The molecule has 1 saturated carbocycles. The van der Waals surface area contributed by atoms with Gasteiger partial charge in [0, 0.05) is 30.6 Å². The number of ether oxygens (including phenoxy) is 1. The fourth-order valence-corrected chi connectivity index (χ4v) is 4.47. The molecule has 2 aromatic carbocycles. The van der Waals surface area contributed by atoms with Crippen LogP contribution in [0.4, 0.5) is 32.0 Å². The van der Waals surface area contributed by atoms with Crippen LogP contribution in [0.15, 0.2) is 65.2 Å². The molecule has 1 amide bonds. The van der Waals surface area contributed by atoms with E-state index in [4.69, 9.17) is 4.52 Å². The van der Waals surface area contributed by atoms with Crippen molar-refractivity contribution in [2.45, 2.75) is 63.1 Å². The van der Waals surface area contributed by atoms with E-state index in [2.05, 4.69) is 21.5 Å². The summed E-state index contributed by atoms with van der Waals surface area (Å²) in [4.78, 5) is 18.6. The smallest absolute Gasteiger partial charge is 0.403 e. The van der Waals surface area contributed by atoms with Crippen molar-refractivity contribution in [2.75, 3.05) is 18.1 Å². The molecule has 1 aliphatic carbocycles. The molecule has 1 aromatic heterocycles. The van der Waals surface area contributed by atoms with Gasteiger partial charge < -0.3 is 14.2 Å². The van der Waals surface area contributed by atoms with Crippen molar-refractivity contribution in [2.24, 2.45) is 0 Å². The van der Waals surface area contributed by atoms with Gasteiger partial charge in [0.05, 0.1) is 6.67 Å².